The van der Waals surface area contributed by atoms with E-state index in [0.29, 0.717) is 32.6 Å². The highest BCUT2D eigenvalue weighted by Crippen LogP contribution is 2.21. The largest absolute Gasteiger partial charge is 0.356 e. The Labute approximate surface area is 162 Å². The second-order valence-electron chi connectivity index (χ2n) is 6.93. The maximum Gasteiger partial charge on any atom is 0.225 e. The van der Waals surface area contributed by atoms with Crippen LogP contribution in [-0.4, -0.2) is 53.7 Å². The Morgan fingerprint density at radius 1 is 1.23 bits per heavy atom. The molecule has 2 aliphatic rings. The number of hydrogen-bond acceptors (Lipinski definition) is 3. The molecule has 0 aliphatic carbocycles. The molecule has 0 aromatic heterocycles. The first-order valence-corrected chi connectivity index (χ1v) is 9.90. The number of carbonyl (C=O) groups is 3. The van der Waals surface area contributed by atoms with E-state index in [4.69, 9.17) is 0 Å². The molecule has 0 bridgehead atoms. The van der Waals surface area contributed by atoms with Crippen LogP contribution in [0, 0.1) is 5.92 Å². The normalized spacial score (nSPS) is 20.1. The van der Waals surface area contributed by atoms with Crippen LogP contribution >= 0.6 is 15.9 Å². The lowest BCUT2D eigenvalue weighted by atomic mass is 10.1. The van der Waals surface area contributed by atoms with Crippen LogP contribution in [0.15, 0.2) is 28.7 Å². The fourth-order valence-electron chi connectivity index (χ4n) is 3.52. The molecule has 1 N–H and O–H groups in total. The molecule has 1 aromatic rings. The SMILES string of the molecule is O=C(NCCCN1CCCC1=O)C1CC(=O)N(Cc2cccc(Br)c2)C1. The van der Waals surface area contributed by atoms with Gasteiger partial charge in [0.2, 0.25) is 17.7 Å². The van der Waals surface area contributed by atoms with Crippen LogP contribution in [0.4, 0.5) is 0 Å². The van der Waals surface area contributed by atoms with Gasteiger partial charge < -0.3 is 15.1 Å². The fourth-order valence-corrected chi connectivity index (χ4v) is 3.97. The molecular weight excluding hydrogens is 398 g/mol. The van der Waals surface area contributed by atoms with Crippen LogP contribution in [0.5, 0.6) is 0 Å². The molecule has 1 unspecified atom stereocenters. The molecule has 2 saturated heterocycles. The summed E-state index contributed by atoms with van der Waals surface area (Å²) in [6, 6.07) is 7.85. The summed E-state index contributed by atoms with van der Waals surface area (Å²) in [7, 11) is 0. The van der Waals surface area contributed by atoms with E-state index in [9.17, 15) is 14.4 Å². The molecule has 0 radical (unpaired) electrons. The maximum absolute atomic E-state index is 12.3. The minimum Gasteiger partial charge on any atom is -0.356 e. The average Bonchev–Trinajstić information content (AvgIpc) is 3.18. The summed E-state index contributed by atoms with van der Waals surface area (Å²) in [6.07, 6.45) is 2.60. The zero-order valence-electron chi connectivity index (χ0n) is 14.7. The summed E-state index contributed by atoms with van der Waals surface area (Å²) < 4.78 is 0.979. The number of halogens is 1. The van der Waals surface area contributed by atoms with Crippen LogP contribution in [-0.2, 0) is 20.9 Å². The fraction of sp³-hybridized carbons (Fsp3) is 0.526. The summed E-state index contributed by atoms with van der Waals surface area (Å²) in [5.41, 5.74) is 1.05. The number of nitrogens with one attached hydrogen (secondary N) is 1. The summed E-state index contributed by atoms with van der Waals surface area (Å²) >= 11 is 3.43. The van der Waals surface area contributed by atoms with Crippen molar-refractivity contribution >= 4 is 33.7 Å². The molecule has 3 amide bonds. The van der Waals surface area contributed by atoms with Gasteiger partial charge in [0.15, 0.2) is 0 Å². The van der Waals surface area contributed by atoms with Crippen LogP contribution in [0.2, 0.25) is 0 Å². The van der Waals surface area contributed by atoms with E-state index in [-0.39, 0.29) is 30.1 Å². The first kappa shape index (κ1) is 18.9. The van der Waals surface area contributed by atoms with Gasteiger partial charge >= 0.3 is 0 Å². The topological polar surface area (TPSA) is 69.7 Å². The van der Waals surface area contributed by atoms with Crippen molar-refractivity contribution in [3.8, 4) is 0 Å². The van der Waals surface area contributed by atoms with Crippen LogP contribution in [0.3, 0.4) is 0 Å². The van der Waals surface area contributed by atoms with E-state index >= 15 is 0 Å². The Morgan fingerprint density at radius 2 is 2.08 bits per heavy atom. The first-order chi connectivity index (χ1) is 12.5. The summed E-state index contributed by atoms with van der Waals surface area (Å²) in [4.78, 5) is 39.7. The van der Waals surface area contributed by atoms with Gasteiger partial charge in [0.1, 0.15) is 0 Å². The van der Waals surface area contributed by atoms with Crippen molar-refractivity contribution in [3.05, 3.63) is 34.3 Å². The highest BCUT2D eigenvalue weighted by molar-refractivity contribution is 9.10. The highest BCUT2D eigenvalue weighted by atomic mass is 79.9. The third-order valence-electron chi connectivity index (χ3n) is 4.92. The second kappa shape index (κ2) is 8.66. The van der Waals surface area contributed by atoms with Gasteiger partial charge in [-0.3, -0.25) is 14.4 Å². The van der Waals surface area contributed by atoms with E-state index in [1.807, 2.05) is 29.2 Å². The van der Waals surface area contributed by atoms with Crippen molar-refractivity contribution in [3.63, 3.8) is 0 Å². The average molecular weight is 422 g/mol. The van der Waals surface area contributed by atoms with Crippen LogP contribution < -0.4 is 5.32 Å². The Morgan fingerprint density at radius 3 is 2.81 bits per heavy atom. The third-order valence-corrected chi connectivity index (χ3v) is 5.42. The number of likely N-dealkylation sites (tertiary alicyclic amines) is 2. The van der Waals surface area contributed by atoms with Gasteiger partial charge in [-0.05, 0) is 30.5 Å². The van der Waals surface area contributed by atoms with Crippen molar-refractivity contribution in [1.29, 1.82) is 0 Å². The molecule has 6 nitrogen and oxygen atoms in total. The van der Waals surface area contributed by atoms with Crippen molar-refractivity contribution in [1.82, 2.24) is 15.1 Å². The first-order valence-electron chi connectivity index (χ1n) is 9.10. The lowest BCUT2D eigenvalue weighted by Crippen LogP contribution is -2.35. The van der Waals surface area contributed by atoms with Crippen molar-refractivity contribution < 1.29 is 14.4 Å². The molecule has 2 heterocycles. The van der Waals surface area contributed by atoms with Gasteiger partial charge in [-0.25, -0.2) is 0 Å². The zero-order chi connectivity index (χ0) is 18.5. The summed E-state index contributed by atoms with van der Waals surface area (Å²) in [6.45, 7) is 3.05. The van der Waals surface area contributed by atoms with Gasteiger partial charge in [0.05, 0.1) is 5.92 Å². The number of nitrogens with zero attached hydrogens (tertiary/aromatic N) is 2. The predicted molar refractivity (Wildman–Crippen MR) is 101 cm³/mol. The molecule has 1 aromatic carbocycles. The van der Waals surface area contributed by atoms with Gasteiger partial charge in [0, 0.05) is 50.0 Å². The molecule has 2 fully saturated rings. The minimum atomic E-state index is -0.289. The molecule has 26 heavy (non-hydrogen) atoms. The van der Waals surface area contributed by atoms with Crippen molar-refractivity contribution in [2.45, 2.75) is 32.2 Å². The molecule has 0 saturated carbocycles. The molecule has 3 rings (SSSR count). The van der Waals surface area contributed by atoms with Crippen molar-refractivity contribution in [2.75, 3.05) is 26.2 Å². The minimum absolute atomic E-state index is 0.0211. The van der Waals surface area contributed by atoms with Gasteiger partial charge in [-0.2, -0.15) is 0 Å². The van der Waals surface area contributed by atoms with Crippen LogP contribution in [0.25, 0.3) is 0 Å². The van der Waals surface area contributed by atoms with Gasteiger partial charge in [0.25, 0.3) is 0 Å². The molecule has 7 heteroatoms. The van der Waals surface area contributed by atoms with Crippen LogP contribution in [0.1, 0.15) is 31.2 Å². The standard InChI is InChI=1S/C19H24BrN3O3/c20-16-5-1-4-14(10-16)12-23-13-15(11-18(23)25)19(26)21-7-3-9-22-8-2-6-17(22)24/h1,4-5,10,15H,2-3,6-9,11-13H2,(H,21,26). The van der Waals surface area contributed by atoms with E-state index in [0.717, 1.165) is 29.4 Å². The monoisotopic (exact) mass is 421 g/mol. The predicted octanol–water partition coefficient (Wildman–Crippen LogP) is 1.93. The molecular formula is C19H24BrN3O3. The highest BCUT2D eigenvalue weighted by Gasteiger charge is 2.34. The van der Waals surface area contributed by atoms with E-state index in [1.54, 1.807) is 4.90 Å². The zero-order valence-corrected chi connectivity index (χ0v) is 16.3. The maximum atomic E-state index is 12.3. The molecule has 2 aliphatic heterocycles. The third kappa shape index (κ3) is 4.84. The van der Waals surface area contributed by atoms with E-state index in [1.165, 1.54) is 0 Å². The number of hydrogen-bond donors (Lipinski definition) is 1. The smallest absolute Gasteiger partial charge is 0.225 e. The quantitative estimate of drug-likeness (QED) is 0.683. The molecule has 1 atom stereocenters. The lowest BCUT2D eigenvalue weighted by Gasteiger charge is -2.17. The van der Waals surface area contributed by atoms with E-state index < -0.39 is 0 Å². The Balaban J connectivity index is 1.41. The van der Waals surface area contributed by atoms with Gasteiger partial charge in [-0.1, -0.05) is 28.1 Å². The Bertz CT molecular complexity index is 694. The summed E-state index contributed by atoms with van der Waals surface area (Å²) in [5.74, 6) is -0.125. The Hall–Kier alpha value is -1.89. The number of benzene rings is 1. The van der Waals surface area contributed by atoms with Gasteiger partial charge in [-0.15, -0.1) is 0 Å². The number of rotatable bonds is 7. The van der Waals surface area contributed by atoms with Crippen molar-refractivity contribution in [2.24, 2.45) is 5.92 Å². The second-order valence-corrected chi connectivity index (χ2v) is 7.85. The lowest BCUT2D eigenvalue weighted by molar-refractivity contribution is -0.129. The number of amides is 3. The number of carbonyl (C=O) groups excluding carboxylic acids is 3. The molecule has 0 spiro atoms. The van der Waals surface area contributed by atoms with E-state index in [2.05, 4.69) is 21.2 Å². The molecule has 140 valence electrons. The summed E-state index contributed by atoms with van der Waals surface area (Å²) in [5, 5.41) is 2.91. The Kier molecular flexibility index (Phi) is 6.29.